The molecule has 164 valence electrons. The number of hydrogen-bond donors (Lipinski definition) is 3. The summed E-state index contributed by atoms with van der Waals surface area (Å²) in [5, 5.41) is 18.4. The van der Waals surface area contributed by atoms with Crippen molar-refractivity contribution in [1.29, 1.82) is 0 Å². The molecule has 0 radical (unpaired) electrons. The Labute approximate surface area is 181 Å². The summed E-state index contributed by atoms with van der Waals surface area (Å²) in [5.74, 6) is 1.02. The van der Waals surface area contributed by atoms with Gasteiger partial charge < -0.3 is 15.7 Å². The fourth-order valence-corrected chi connectivity index (χ4v) is 5.28. The second-order valence-electron chi connectivity index (χ2n) is 8.44. The summed E-state index contributed by atoms with van der Waals surface area (Å²) in [5.41, 5.74) is -0.203. The maximum atomic E-state index is 11.7. The van der Waals surface area contributed by atoms with Crippen LogP contribution in [0.15, 0.2) is 12.4 Å². The monoisotopic (exact) mass is 454 g/mol. The first-order valence-corrected chi connectivity index (χ1v) is 12.4. The molecule has 3 N–H and O–H groups in total. The molecule has 2 aliphatic rings. The number of nitrogens with one attached hydrogen (secondary N) is 2. The lowest BCUT2D eigenvalue weighted by Crippen LogP contribution is -2.42. The topological polar surface area (TPSA) is 120 Å². The summed E-state index contributed by atoms with van der Waals surface area (Å²) in [7, 11) is -3.16. The lowest BCUT2D eigenvalue weighted by molar-refractivity contribution is 0.0578. The Hall–Kier alpha value is -1.75. The van der Waals surface area contributed by atoms with Gasteiger partial charge >= 0.3 is 0 Å². The number of aliphatic hydroxyl groups is 1. The minimum Gasteiger partial charge on any atom is -0.388 e. The Morgan fingerprint density at radius 2 is 1.93 bits per heavy atom. The third-order valence-corrected chi connectivity index (χ3v) is 7.68. The van der Waals surface area contributed by atoms with E-state index in [0.29, 0.717) is 53.6 Å². The zero-order chi connectivity index (χ0) is 21.5. The highest BCUT2D eigenvalue weighted by atomic mass is 35.5. The smallest absolute Gasteiger partial charge is 0.223 e. The van der Waals surface area contributed by atoms with Crippen molar-refractivity contribution in [1.82, 2.24) is 19.3 Å². The van der Waals surface area contributed by atoms with Crippen LogP contribution in [0, 0.1) is 0 Å². The summed E-state index contributed by atoms with van der Waals surface area (Å²) < 4.78 is 24.9. The molecule has 2 aromatic heterocycles. The van der Waals surface area contributed by atoms with Crippen molar-refractivity contribution in [3.63, 3.8) is 0 Å². The van der Waals surface area contributed by atoms with E-state index in [1.54, 1.807) is 12.4 Å². The first-order valence-electron chi connectivity index (χ1n) is 10.2. The summed E-state index contributed by atoms with van der Waals surface area (Å²) in [6.45, 7) is 2.78. The van der Waals surface area contributed by atoms with Crippen molar-refractivity contribution >= 4 is 44.3 Å². The number of fused-ring (bicyclic) bond motifs is 1. The van der Waals surface area contributed by atoms with E-state index in [0.717, 1.165) is 19.3 Å². The van der Waals surface area contributed by atoms with Crippen LogP contribution in [0.3, 0.4) is 0 Å². The Morgan fingerprint density at radius 1 is 1.20 bits per heavy atom. The van der Waals surface area contributed by atoms with Gasteiger partial charge in [-0.15, -0.1) is 0 Å². The predicted octanol–water partition coefficient (Wildman–Crippen LogP) is 2.23. The Balaban J connectivity index is 1.54. The van der Waals surface area contributed by atoms with Crippen LogP contribution in [0.25, 0.3) is 10.9 Å². The van der Waals surface area contributed by atoms with Crippen LogP contribution in [0.5, 0.6) is 0 Å². The highest BCUT2D eigenvalue weighted by Gasteiger charge is 2.37. The molecular formula is C19H27ClN6O3S. The van der Waals surface area contributed by atoms with Gasteiger partial charge in [0, 0.05) is 36.9 Å². The van der Waals surface area contributed by atoms with Gasteiger partial charge in [0.15, 0.2) is 5.82 Å². The van der Waals surface area contributed by atoms with Crippen molar-refractivity contribution in [2.24, 2.45) is 0 Å². The van der Waals surface area contributed by atoms with Gasteiger partial charge in [-0.05, 0) is 39.0 Å². The molecule has 0 aromatic carbocycles. The molecule has 0 bridgehead atoms. The van der Waals surface area contributed by atoms with Crippen molar-refractivity contribution < 1.29 is 13.5 Å². The number of halogens is 1. The number of anilines is 2. The molecule has 1 aliphatic heterocycles. The van der Waals surface area contributed by atoms with Gasteiger partial charge in [0.2, 0.25) is 16.0 Å². The van der Waals surface area contributed by atoms with E-state index in [9.17, 15) is 13.5 Å². The molecule has 0 spiro atoms. The SMILES string of the molecule is C[C@@]1(O)CCC[C@H]1Nc1ncc(Cl)c2cnc(NC3CCN(S(C)(=O)=O)CC3)nc12. The molecule has 2 fully saturated rings. The standard InChI is InChI=1S/C19H27ClN6O3S/c1-19(27)7-3-4-15(19)24-17-16-13(14(20)11-21-17)10-22-18(25-16)23-12-5-8-26(9-6-12)30(2,28)29/h10-12,15,27H,3-9H2,1-2H3,(H,21,24)(H,22,23,25)/t15-,19-/m1/s1. The fourth-order valence-electron chi connectivity index (χ4n) is 4.22. The highest BCUT2D eigenvalue weighted by molar-refractivity contribution is 7.88. The molecule has 11 heteroatoms. The summed E-state index contributed by atoms with van der Waals surface area (Å²) >= 11 is 6.30. The maximum Gasteiger partial charge on any atom is 0.223 e. The number of piperidine rings is 1. The van der Waals surface area contributed by atoms with Crippen molar-refractivity contribution in [3.05, 3.63) is 17.4 Å². The van der Waals surface area contributed by atoms with Gasteiger partial charge in [-0.3, -0.25) is 0 Å². The normalized spacial score (nSPS) is 26.2. The van der Waals surface area contributed by atoms with Crippen molar-refractivity contribution in [3.8, 4) is 0 Å². The van der Waals surface area contributed by atoms with Crippen LogP contribution in [-0.4, -0.2) is 69.8 Å². The van der Waals surface area contributed by atoms with Gasteiger partial charge in [-0.2, -0.15) is 0 Å². The third-order valence-electron chi connectivity index (χ3n) is 6.07. The van der Waals surface area contributed by atoms with E-state index in [-0.39, 0.29) is 12.1 Å². The molecule has 0 unspecified atom stereocenters. The Morgan fingerprint density at radius 3 is 2.57 bits per heavy atom. The second kappa shape index (κ2) is 8.07. The largest absolute Gasteiger partial charge is 0.388 e. The van der Waals surface area contributed by atoms with E-state index >= 15 is 0 Å². The minimum absolute atomic E-state index is 0.0829. The van der Waals surface area contributed by atoms with E-state index in [4.69, 9.17) is 11.6 Å². The first kappa shape index (κ1) is 21.5. The summed E-state index contributed by atoms with van der Waals surface area (Å²) in [6, 6.07) is -0.0272. The van der Waals surface area contributed by atoms with Gasteiger partial charge in [0.25, 0.3) is 0 Å². The number of rotatable bonds is 5. The molecule has 30 heavy (non-hydrogen) atoms. The third kappa shape index (κ3) is 4.46. The molecular weight excluding hydrogens is 428 g/mol. The number of nitrogens with zero attached hydrogens (tertiary/aromatic N) is 4. The van der Waals surface area contributed by atoms with Gasteiger partial charge in [0.05, 0.1) is 22.9 Å². The molecule has 2 aromatic rings. The van der Waals surface area contributed by atoms with Crippen LogP contribution in [0.1, 0.15) is 39.0 Å². The summed E-state index contributed by atoms with van der Waals surface area (Å²) in [4.78, 5) is 13.4. The maximum absolute atomic E-state index is 11.7. The average Bonchev–Trinajstić information content (AvgIpc) is 3.02. The number of pyridine rings is 1. The van der Waals surface area contributed by atoms with E-state index in [1.807, 2.05) is 6.92 Å². The molecule has 9 nitrogen and oxygen atoms in total. The molecule has 3 heterocycles. The zero-order valence-electron chi connectivity index (χ0n) is 17.1. The quantitative estimate of drug-likeness (QED) is 0.629. The second-order valence-corrected chi connectivity index (χ2v) is 10.8. The van der Waals surface area contributed by atoms with Crippen LogP contribution >= 0.6 is 11.6 Å². The molecule has 0 amide bonds. The van der Waals surface area contributed by atoms with E-state index in [2.05, 4.69) is 25.6 Å². The van der Waals surface area contributed by atoms with Crippen molar-refractivity contribution in [2.75, 3.05) is 30.0 Å². The van der Waals surface area contributed by atoms with Crippen LogP contribution in [0.4, 0.5) is 11.8 Å². The van der Waals surface area contributed by atoms with Gasteiger partial charge in [0.1, 0.15) is 5.52 Å². The number of sulfonamides is 1. The Kier molecular flexibility index (Phi) is 5.78. The predicted molar refractivity (Wildman–Crippen MR) is 117 cm³/mol. The highest BCUT2D eigenvalue weighted by Crippen LogP contribution is 2.34. The molecule has 1 saturated heterocycles. The number of aromatic nitrogens is 3. The minimum atomic E-state index is -3.16. The Bertz CT molecular complexity index is 1040. The average molecular weight is 455 g/mol. The van der Waals surface area contributed by atoms with E-state index in [1.165, 1.54) is 10.6 Å². The van der Waals surface area contributed by atoms with Crippen molar-refractivity contribution in [2.45, 2.75) is 56.7 Å². The van der Waals surface area contributed by atoms with Crippen LogP contribution in [-0.2, 0) is 10.0 Å². The molecule has 4 rings (SSSR count). The van der Waals surface area contributed by atoms with Crippen LogP contribution < -0.4 is 10.6 Å². The number of hydrogen-bond acceptors (Lipinski definition) is 8. The lowest BCUT2D eigenvalue weighted by atomic mass is 10.0. The van der Waals surface area contributed by atoms with E-state index < -0.39 is 15.6 Å². The van der Waals surface area contributed by atoms with Crippen LogP contribution in [0.2, 0.25) is 5.02 Å². The zero-order valence-corrected chi connectivity index (χ0v) is 18.7. The van der Waals surface area contributed by atoms with Gasteiger partial charge in [-0.1, -0.05) is 11.6 Å². The molecule has 2 atom stereocenters. The lowest BCUT2D eigenvalue weighted by Gasteiger charge is -2.30. The molecule has 1 aliphatic carbocycles. The van der Waals surface area contributed by atoms with Gasteiger partial charge in [-0.25, -0.2) is 27.7 Å². The first-order chi connectivity index (χ1) is 14.1. The fraction of sp³-hybridized carbons (Fsp3) is 0.632. The summed E-state index contributed by atoms with van der Waals surface area (Å²) in [6.07, 6.45) is 8.37. The molecule has 1 saturated carbocycles.